The number of rotatable bonds is 6. The van der Waals surface area contributed by atoms with Crippen molar-refractivity contribution >= 4 is 31.9 Å². The van der Waals surface area contributed by atoms with E-state index in [0.717, 1.165) is 27.8 Å². The fraction of sp³-hybridized carbons (Fsp3) is 0.250. The van der Waals surface area contributed by atoms with Crippen molar-refractivity contribution in [3.8, 4) is 5.75 Å². The fourth-order valence-electron chi connectivity index (χ4n) is 1.78. The minimum Gasteiger partial charge on any atom is -0.488 e. The van der Waals surface area contributed by atoms with E-state index >= 15 is 0 Å². The Morgan fingerprint density at radius 2 is 1.70 bits per heavy atom. The smallest absolute Gasteiger partial charge is 0.134 e. The molecule has 0 fully saturated rings. The molecule has 0 atom stereocenters. The molecule has 2 nitrogen and oxygen atoms in total. The molecule has 0 aliphatic rings. The van der Waals surface area contributed by atoms with Crippen LogP contribution in [0.4, 0.5) is 0 Å². The van der Waals surface area contributed by atoms with Gasteiger partial charge in [0, 0.05) is 11.0 Å². The van der Waals surface area contributed by atoms with Crippen LogP contribution in [-0.4, -0.2) is 6.54 Å². The van der Waals surface area contributed by atoms with Crippen molar-refractivity contribution < 1.29 is 4.74 Å². The van der Waals surface area contributed by atoms with E-state index < -0.39 is 0 Å². The van der Waals surface area contributed by atoms with Gasteiger partial charge in [-0.05, 0) is 51.8 Å². The molecule has 106 valence electrons. The zero-order valence-electron chi connectivity index (χ0n) is 11.3. The van der Waals surface area contributed by atoms with Gasteiger partial charge in [0.15, 0.2) is 0 Å². The summed E-state index contributed by atoms with van der Waals surface area (Å²) in [5.74, 6) is 0.852. The molecular weight excluding hydrogens is 382 g/mol. The molecular formula is C16H17Br2NO. The first-order valence-electron chi connectivity index (χ1n) is 6.55. The SMILES string of the molecule is CCNCc1ccc(COc2ccc(Br)cc2Br)cc1. The largest absolute Gasteiger partial charge is 0.488 e. The van der Waals surface area contributed by atoms with E-state index in [0.29, 0.717) is 6.61 Å². The maximum absolute atomic E-state index is 5.82. The van der Waals surface area contributed by atoms with Crippen LogP contribution in [0, 0.1) is 0 Å². The second kappa shape index (κ2) is 7.81. The Balaban J connectivity index is 1.93. The Morgan fingerprint density at radius 1 is 1.00 bits per heavy atom. The van der Waals surface area contributed by atoms with Gasteiger partial charge in [-0.3, -0.25) is 0 Å². The molecule has 20 heavy (non-hydrogen) atoms. The highest BCUT2D eigenvalue weighted by atomic mass is 79.9. The van der Waals surface area contributed by atoms with Crippen LogP contribution in [0.2, 0.25) is 0 Å². The molecule has 0 amide bonds. The Labute approximate surface area is 136 Å². The predicted octanol–water partition coefficient (Wildman–Crippen LogP) is 4.90. The summed E-state index contributed by atoms with van der Waals surface area (Å²) in [5.41, 5.74) is 2.46. The molecule has 0 unspecified atom stereocenters. The molecule has 2 aromatic rings. The molecule has 4 heteroatoms. The average Bonchev–Trinajstić information content (AvgIpc) is 2.45. The first-order chi connectivity index (χ1) is 9.69. The molecule has 0 saturated heterocycles. The van der Waals surface area contributed by atoms with E-state index in [-0.39, 0.29) is 0 Å². The van der Waals surface area contributed by atoms with Crippen molar-refractivity contribution in [3.63, 3.8) is 0 Å². The minimum atomic E-state index is 0.571. The van der Waals surface area contributed by atoms with Crippen molar-refractivity contribution in [2.75, 3.05) is 6.54 Å². The number of halogens is 2. The maximum Gasteiger partial charge on any atom is 0.134 e. The van der Waals surface area contributed by atoms with Gasteiger partial charge in [-0.1, -0.05) is 47.1 Å². The number of ether oxygens (including phenoxy) is 1. The lowest BCUT2D eigenvalue weighted by atomic mass is 10.1. The van der Waals surface area contributed by atoms with Gasteiger partial charge in [0.1, 0.15) is 12.4 Å². The van der Waals surface area contributed by atoms with Gasteiger partial charge < -0.3 is 10.1 Å². The van der Waals surface area contributed by atoms with Crippen LogP contribution >= 0.6 is 31.9 Å². The van der Waals surface area contributed by atoms with Crippen LogP contribution in [0.25, 0.3) is 0 Å². The summed E-state index contributed by atoms with van der Waals surface area (Å²) in [5, 5.41) is 3.31. The molecule has 0 spiro atoms. The molecule has 0 heterocycles. The van der Waals surface area contributed by atoms with Crippen LogP contribution in [0.5, 0.6) is 5.75 Å². The van der Waals surface area contributed by atoms with Gasteiger partial charge in [0.2, 0.25) is 0 Å². The number of benzene rings is 2. The molecule has 0 aromatic heterocycles. The van der Waals surface area contributed by atoms with E-state index in [1.165, 1.54) is 11.1 Å². The lowest BCUT2D eigenvalue weighted by molar-refractivity contribution is 0.304. The molecule has 0 bridgehead atoms. The summed E-state index contributed by atoms with van der Waals surface area (Å²) in [6.07, 6.45) is 0. The Kier molecular flexibility index (Phi) is 6.07. The first kappa shape index (κ1) is 15.5. The fourth-order valence-corrected chi connectivity index (χ4v) is 2.94. The Bertz CT molecular complexity index is 555. The second-order valence-electron chi connectivity index (χ2n) is 4.46. The third-order valence-electron chi connectivity index (χ3n) is 2.89. The van der Waals surface area contributed by atoms with E-state index in [1.807, 2.05) is 18.2 Å². The topological polar surface area (TPSA) is 21.3 Å². The average molecular weight is 399 g/mol. The number of hydrogen-bond acceptors (Lipinski definition) is 2. The summed E-state index contributed by atoms with van der Waals surface area (Å²) in [4.78, 5) is 0. The third-order valence-corrected chi connectivity index (χ3v) is 4.00. The molecule has 2 aromatic carbocycles. The van der Waals surface area contributed by atoms with E-state index in [9.17, 15) is 0 Å². The molecule has 1 N–H and O–H groups in total. The van der Waals surface area contributed by atoms with Crippen molar-refractivity contribution in [3.05, 3.63) is 62.5 Å². The lowest BCUT2D eigenvalue weighted by Crippen LogP contribution is -2.11. The van der Waals surface area contributed by atoms with Gasteiger partial charge in [0.05, 0.1) is 4.47 Å². The number of nitrogens with one attached hydrogen (secondary N) is 1. The van der Waals surface area contributed by atoms with Crippen LogP contribution < -0.4 is 10.1 Å². The second-order valence-corrected chi connectivity index (χ2v) is 6.23. The highest BCUT2D eigenvalue weighted by molar-refractivity contribution is 9.11. The predicted molar refractivity (Wildman–Crippen MR) is 90.0 cm³/mol. The highest BCUT2D eigenvalue weighted by Crippen LogP contribution is 2.28. The summed E-state index contributed by atoms with van der Waals surface area (Å²) in [6, 6.07) is 14.4. The summed E-state index contributed by atoms with van der Waals surface area (Å²) in [6.45, 7) is 4.58. The zero-order chi connectivity index (χ0) is 14.4. The van der Waals surface area contributed by atoms with Crippen molar-refractivity contribution in [1.29, 1.82) is 0 Å². The molecule has 0 saturated carbocycles. The molecule has 0 aliphatic carbocycles. The summed E-state index contributed by atoms with van der Waals surface area (Å²) < 4.78 is 7.80. The quantitative estimate of drug-likeness (QED) is 0.747. The van der Waals surface area contributed by atoms with Crippen molar-refractivity contribution in [2.45, 2.75) is 20.1 Å². The van der Waals surface area contributed by atoms with Gasteiger partial charge in [-0.25, -0.2) is 0 Å². The van der Waals surface area contributed by atoms with Crippen LogP contribution in [0.3, 0.4) is 0 Å². The van der Waals surface area contributed by atoms with Crippen LogP contribution in [-0.2, 0) is 13.2 Å². The Hall–Kier alpha value is -0.840. The van der Waals surface area contributed by atoms with Gasteiger partial charge in [-0.15, -0.1) is 0 Å². The third kappa shape index (κ3) is 4.62. The van der Waals surface area contributed by atoms with Crippen LogP contribution in [0.1, 0.15) is 18.1 Å². The van der Waals surface area contributed by atoms with Gasteiger partial charge in [-0.2, -0.15) is 0 Å². The molecule has 2 rings (SSSR count). The zero-order valence-corrected chi connectivity index (χ0v) is 14.5. The maximum atomic E-state index is 5.82. The van der Waals surface area contributed by atoms with E-state index in [2.05, 4.69) is 68.4 Å². The van der Waals surface area contributed by atoms with Crippen molar-refractivity contribution in [2.24, 2.45) is 0 Å². The Morgan fingerprint density at radius 3 is 2.35 bits per heavy atom. The standard InChI is InChI=1S/C16H17Br2NO/c1-2-19-10-12-3-5-13(6-4-12)11-20-16-8-7-14(17)9-15(16)18/h3-9,19H,2,10-11H2,1H3. The van der Waals surface area contributed by atoms with Gasteiger partial charge >= 0.3 is 0 Å². The normalized spacial score (nSPS) is 10.6. The monoisotopic (exact) mass is 397 g/mol. The van der Waals surface area contributed by atoms with E-state index in [4.69, 9.17) is 4.74 Å². The lowest BCUT2D eigenvalue weighted by Gasteiger charge is -2.09. The van der Waals surface area contributed by atoms with Gasteiger partial charge in [0.25, 0.3) is 0 Å². The summed E-state index contributed by atoms with van der Waals surface area (Å²) in [7, 11) is 0. The highest BCUT2D eigenvalue weighted by Gasteiger charge is 2.02. The molecule has 0 radical (unpaired) electrons. The van der Waals surface area contributed by atoms with Crippen LogP contribution in [0.15, 0.2) is 51.4 Å². The van der Waals surface area contributed by atoms with E-state index in [1.54, 1.807) is 0 Å². The minimum absolute atomic E-state index is 0.571. The van der Waals surface area contributed by atoms with Crippen molar-refractivity contribution in [1.82, 2.24) is 5.32 Å². The summed E-state index contributed by atoms with van der Waals surface area (Å²) >= 11 is 6.93. The number of hydrogen-bond donors (Lipinski definition) is 1. The first-order valence-corrected chi connectivity index (χ1v) is 8.14. The molecule has 0 aliphatic heterocycles.